The summed E-state index contributed by atoms with van der Waals surface area (Å²) in [6.45, 7) is 0. The number of aromatic nitrogens is 3. The fraction of sp³-hybridized carbons (Fsp3) is 0.333. The molecule has 0 aromatic carbocycles. The van der Waals surface area contributed by atoms with Crippen LogP contribution in [0.5, 0.6) is 0 Å². The predicted molar refractivity (Wildman–Crippen MR) is 54.0 cm³/mol. The second kappa shape index (κ2) is 3.89. The van der Waals surface area contributed by atoms with Crippen molar-refractivity contribution in [1.29, 1.82) is 0 Å². The van der Waals surface area contributed by atoms with Gasteiger partial charge >= 0.3 is 0 Å². The Morgan fingerprint density at radius 2 is 2.36 bits per heavy atom. The number of aliphatic hydroxyl groups is 1. The molecule has 1 unspecified atom stereocenters. The van der Waals surface area contributed by atoms with Gasteiger partial charge in [-0.3, -0.25) is 0 Å². The van der Waals surface area contributed by atoms with E-state index in [0.717, 1.165) is 10.8 Å². The van der Waals surface area contributed by atoms with E-state index < -0.39 is 6.10 Å². The monoisotopic (exact) mass is 209 g/mol. The van der Waals surface area contributed by atoms with Crippen LogP contribution in [0.4, 0.5) is 0 Å². The highest BCUT2D eigenvalue weighted by molar-refractivity contribution is 7.09. The van der Waals surface area contributed by atoms with Crippen LogP contribution in [-0.4, -0.2) is 19.6 Å². The molecular formula is C9H11N3OS. The summed E-state index contributed by atoms with van der Waals surface area (Å²) in [6, 6.07) is 0. The quantitative estimate of drug-likeness (QED) is 0.825. The maximum absolute atomic E-state index is 9.80. The Morgan fingerprint density at radius 1 is 1.50 bits per heavy atom. The van der Waals surface area contributed by atoms with E-state index in [9.17, 15) is 5.11 Å². The van der Waals surface area contributed by atoms with E-state index in [2.05, 4.69) is 9.97 Å². The number of imidazole rings is 1. The molecule has 0 bridgehead atoms. The Labute approximate surface area is 85.9 Å². The number of thiazole rings is 1. The first-order chi connectivity index (χ1) is 6.77. The van der Waals surface area contributed by atoms with E-state index in [1.54, 1.807) is 12.4 Å². The molecule has 2 aromatic heterocycles. The zero-order valence-electron chi connectivity index (χ0n) is 7.79. The number of nitrogens with zero attached hydrogens (tertiary/aromatic N) is 3. The van der Waals surface area contributed by atoms with Gasteiger partial charge in [-0.15, -0.1) is 11.3 Å². The molecule has 2 aromatic rings. The molecule has 1 N–H and O–H groups in total. The van der Waals surface area contributed by atoms with E-state index in [4.69, 9.17) is 0 Å². The zero-order chi connectivity index (χ0) is 9.97. The molecule has 0 fully saturated rings. The molecule has 0 aliphatic rings. The molecule has 1 atom stereocenters. The number of aryl methyl sites for hydroxylation is 1. The number of aliphatic hydroxyl groups excluding tert-OH is 1. The van der Waals surface area contributed by atoms with Crippen molar-refractivity contribution in [3.63, 3.8) is 0 Å². The van der Waals surface area contributed by atoms with Gasteiger partial charge in [-0.25, -0.2) is 9.97 Å². The summed E-state index contributed by atoms with van der Waals surface area (Å²) in [6.07, 6.45) is 5.25. The molecule has 14 heavy (non-hydrogen) atoms. The normalized spacial score (nSPS) is 13.0. The van der Waals surface area contributed by atoms with Gasteiger partial charge in [-0.2, -0.15) is 0 Å². The molecule has 0 saturated heterocycles. The summed E-state index contributed by atoms with van der Waals surface area (Å²) in [4.78, 5) is 8.20. The lowest BCUT2D eigenvalue weighted by Gasteiger charge is -2.06. The Morgan fingerprint density at radius 3 is 2.93 bits per heavy atom. The molecular weight excluding hydrogens is 198 g/mol. The maximum atomic E-state index is 9.80. The van der Waals surface area contributed by atoms with Crippen molar-refractivity contribution in [2.24, 2.45) is 7.05 Å². The first-order valence-corrected chi connectivity index (χ1v) is 5.19. The highest BCUT2D eigenvalue weighted by Gasteiger charge is 2.13. The van der Waals surface area contributed by atoms with Crippen molar-refractivity contribution in [3.8, 4) is 0 Å². The molecule has 5 heteroatoms. The average molecular weight is 209 g/mol. The highest BCUT2D eigenvalue weighted by Crippen LogP contribution is 2.18. The minimum Gasteiger partial charge on any atom is -0.385 e. The summed E-state index contributed by atoms with van der Waals surface area (Å²) < 4.78 is 1.90. The van der Waals surface area contributed by atoms with Crippen LogP contribution in [0.25, 0.3) is 0 Å². The number of rotatable bonds is 3. The first kappa shape index (κ1) is 9.36. The lowest BCUT2D eigenvalue weighted by Crippen LogP contribution is -2.06. The Bertz CT molecular complexity index is 396. The molecule has 2 rings (SSSR count). The largest absolute Gasteiger partial charge is 0.385 e. The summed E-state index contributed by atoms with van der Waals surface area (Å²) in [7, 11) is 1.91. The van der Waals surface area contributed by atoms with Crippen LogP contribution in [0.3, 0.4) is 0 Å². The second-order valence-electron chi connectivity index (χ2n) is 3.04. The second-order valence-corrected chi connectivity index (χ2v) is 3.97. The molecule has 0 radical (unpaired) electrons. The van der Waals surface area contributed by atoms with E-state index in [-0.39, 0.29) is 0 Å². The van der Waals surface area contributed by atoms with Crippen molar-refractivity contribution in [2.75, 3.05) is 0 Å². The minimum atomic E-state index is -0.545. The number of hydrogen-bond donors (Lipinski definition) is 1. The summed E-state index contributed by atoms with van der Waals surface area (Å²) >= 11 is 1.46. The number of hydrogen-bond acceptors (Lipinski definition) is 4. The van der Waals surface area contributed by atoms with E-state index in [1.807, 2.05) is 23.2 Å². The summed E-state index contributed by atoms with van der Waals surface area (Å²) in [5.41, 5.74) is 0. The highest BCUT2D eigenvalue weighted by atomic mass is 32.1. The molecule has 0 saturated carbocycles. The standard InChI is InChI=1S/C9H11N3OS/c1-12-4-2-10-8(12)6-7(13)9-11-3-5-14-9/h2-5,7,13H,6H2,1H3. The van der Waals surface area contributed by atoms with Crippen LogP contribution in [0.2, 0.25) is 0 Å². The third kappa shape index (κ3) is 1.83. The van der Waals surface area contributed by atoms with E-state index >= 15 is 0 Å². The van der Waals surface area contributed by atoms with Crippen LogP contribution in [-0.2, 0) is 13.5 Å². The zero-order valence-corrected chi connectivity index (χ0v) is 8.61. The molecule has 2 heterocycles. The van der Waals surface area contributed by atoms with Crippen LogP contribution in [0.1, 0.15) is 16.9 Å². The molecule has 0 amide bonds. The predicted octanol–water partition coefficient (Wildman–Crippen LogP) is 1.15. The van der Waals surface area contributed by atoms with Gasteiger partial charge in [0, 0.05) is 37.4 Å². The van der Waals surface area contributed by atoms with Gasteiger partial charge in [0.05, 0.1) is 0 Å². The fourth-order valence-electron chi connectivity index (χ4n) is 1.25. The molecule has 74 valence electrons. The van der Waals surface area contributed by atoms with Crippen molar-refractivity contribution in [3.05, 3.63) is 34.8 Å². The Hall–Kier alpha value is -1.20. The maximum Gasteiger partial charge on any atom is 0.122 e. The minimum absolute atomic E-state index is 0.511. The lowest BCUT2D eigenvalue weighted by molar-refractivity contribution is 0.174. The van der Waals surface area contributed by atoms with Crippen LogP contribution >= 0.6 is 11.3 Å². The van der Waals surface area contributed by atoms with Gasteiger partial charge in [0.2, 0.25) is 0 Å². The Kier molecular flexibility index (Phi) is 2.60. The van der Waals surface area contributed by atoms with Gasteiger partial charge in [-0.1, -0.05) is 0 Å². The average Bonchev–Trinajstić information content (AvgIpc) is 2.77. The third-order valence-corrected chi connectivity index (χ3v) is 2.91. The summed E-state index contributed by atoms with van der Waals surface area (Å²) in [5.74, 6) is 0.868. The van der Waals surface area contributed by atoms with Gasteiger partial charge in [0.1, 0.15) is 16.9 Å². The lowest BCUT2D eigenvalue weighted by atomic mass is 10.2. The topological polar surface area (TPSA) is 50.9 Å². The van der Waals surface area contributed by atoms with Gasteiger partial charge in [0.15, 0.2) is 0 Å². The fourth-order valence-corrected chi connectivity index (χ4v) is 1.88. The van der Waals surface area contributed by atoms with Crippen molar-refractivity contribution >= 4 is 11.3 Å². The first-order valence-electron chi connectivity index (χ1n) is 4.31. The third-order valence-electron chi connectivity index (χ3n) is 2.03. The van der Waals surface area contributed by atoms with E-state index in [0.29, 0.717) is 6.42 Å². The van der Waals surface area contributed by atoms with Crippen molar-refractivity contribution in [1.82, 2.24) is 14.5 Å². The van der Waals surface area contributed by atoms with Crippen molar-refractivity contribution in [2.45, 2.75) is 12.5 Å². The molecule has 0 spiro atoms. The smallest absolute Gasteiger partial charge is 0.122 e. The van der Waals surface area contributed by atoms with Crippen LogP contribution in [0, 0.1) is 0 Å². The van der Waals surface area contributed by atoms with Gasteiger partial charge < -0.3 is 9.67 Å². The van der Waals surface area contributed by atoms with Gasteiger partial charge in [-0.05, 0) is 0 Å². The molecule has 0 aliphatic heterocycles. The van der Waals surface area contributed by atoms with Gasteiger partial charge in [0.25, 0.3) is 0 Å². The molecule has 4 nitrogen and oxygen atoms in total. The van der Waals surface area contributed by atoms with Crippen LogP contribution in [0.15, 0.2) is 24.0 Å². The van der Waals surface area contributed by atoms with Crippen molar-refractivity contribution < 1.29 is 5.11 Å². The van der Waals surface area contributed by atoms with Crippen LogP contribution < -0.4 is 0 Å². The molecule has 0 aliphatic carbocycles. The van der Waals surface area contributed by atoms with E-state index in [1.165, 1.54) is 11.3 Å². The Balaban J connectivity index is 2.09. The summed E-state index contributed by atoms with van der Waals surface area (Å²) in [5, 5.41) is 12.4. The SMILES string of the molecule is Cn1ccnc1CC(O)c1nccs1.